The van der Waals surface area contributed by atoms with Gasteiger partial charge in [0.2, 0.25) is 0 Å². The normalized spacial score (nSPS) is 12.2. The molecule has 1 aromatic heterocycles. The molecule has 1 atom stereocenters. The van der Waals surface area contributed by atoms with Gasteiger partial charge in [0.05, 0.1) is 19.6 Å². The highest BCUT2D eigenvalue weighted by Crippen LogP contribution is 2.21. The van der Waals surface area contributed by atoms with E-state index in [-0.39, 0.29) is 12.0 Å². The average Bonchev–Trinajstić information content (AvgIpc) is 2.99. The first kappa shape index (κ1) is 23.0. The maximum Gasteiger partial charge on any atom is 0.307 e. The van der Waals surface area contributed by atoms with Crippen molar-refractivity contribution >= 4 is 18.0 Å². The Labute approximate surface area is 178 Å². The summed E-state index contributed by atoms with van der Waals surface area (Å²) in [5.41, 5.74) is 4.78. The molecule has 158 valence electrons. The molecule has 1 heterocycles. The summed E-state index contributed by atoms with van der Waals surface area (Å²) >= 11 is 0. The Morgan fingerprint density at radius 1 is 1.23 bits per heavy atom. The summed E-state index contributed by atoms with van der Waals surface area (Å²) in [5.74, 6) is -0.959. The predicted octanol–water partition coefficient (Wildman–Crippen LogP) is 4.15. The molecule has 0 radical (unpaired) electrons. The highest BCUT2D eigenvalue weighted by atomic mass is 16.5. The SMILES string of the molecule is CCCn1c(C)cc(/C=C(/C#N)C(=O)NC(CC(=O)OC)c2ccc(C)cc2)c1C. The summed E-state index contributed by atoms with van der Waals surface area (Å²) in [6, 6.07) is 10.9. The summed E-state index contributed by atoms with van der Waals surface area (Å²) in [6.45, 7) is 8.94. The van der Waals surface area contributed by atoms with Gasteiger partial charge in [-0.3, -0.25) is 9.59 Å². The zero-order chi connectivity index (χ0) is 22.3. The van der Waals surface area contributed by atoms with Gasteiger partial charge in [-0.2, -0.15) is 5.26 Å². The van der Waals surface area contributed by atoms with E-state index in [4.69, 9.17) is 4.74 Å². The summed E-state index contributed by atoms with van der Waals surface area (Å²) in [5, 5.41) is 12.4. The van der Waals surface area contributed by atoms with Gasteiger partial charge in [0.25, 0.3) is 5.91 Å². The van der Waals surface area contributed by atoms with Crippen molar-refractivity contribution in [1.82, 2.24) is 9.88 Å². The minimum Gasteiger partial charge on any atom is -0.469 e. The van der Waals surface area contributed by atoms with E-state index in [1.54, 1.807) is 6.08 Å². The Morgan fingerprint density at radius 2 is 1.90 bits per heavy atom. The lowest BCUT2D eigenvalue weighted by molar-refractivity contribution is -0.141. The molecule has 0 aliphatic heterocycles. The van der Waals surface area contributed by atoms with Crippen molar-refractivity contribution in [3.05, 3.63) is 64.0 Å². The van der Waals surface area contributed by atoms with Gasteiger partial charge < -0.3 is 14.6 Å². The van der Waals surface area contributed by atoms with Gasteiger partial charge in [-0.25, -0.2) is 0 Å². The fourth-order valence-corrected chi connectivity index (χ4v) is 3.38. The number of amides is 1. The quantitative estimate of drug-likeness (QED) is 0.405. The van der Waals surface area contributed by atoms with Crippen LogP contribution in [0.5, 0.6) is 0 Å². The molecule has 1 amide bonds. The fraction of sp³-hybridized carbons (Fsp3) is 0.375. The summed E-state index contributed by atoms with van der Waals surface area (Å²) in [7, 11) is 1.31. The predicted molar refractivity (Wildman–Crippen MR) is 116 cm³/mol. The van der Waals surface area contributed by atoms with E-state index >= 15 is 0 Å². The first-order valence-electron chi connectivity index (χ1n) is 10.0. The van der Waals surface area contributed by atoms with E-state index in [1.165, 1.54) is 7.11 Å². The van der Waals surface area contributed by atoms with Crippen LogP contribution in [0.3, 0.4) is 0 Å². The Kier molecular flexibility index (Phi) is 7.99. The molecule has 0 saturated heterocycles. The number of nitriles is 1. The zero-order valence-corrected chi connectivity index (χ0v) is 18.3. The van der Waals surface area contributed by atoms with E-state index in [9.17, 15) is 14.9 Å². The van der Waals surface area contributed by atoms with Crippen LogP contribution in [-0.2, 0) is 20.9 Å². The maximum atomic E-state index is 12.9. The average molecular weight is 408 g/mol. The largest absolute Gasteiger partial charge is 0.469 e. The molecular weight excluding hydrogens is 378 g/mol. The second-order valence-corrected chi connectivity index (χ2v) is 7.36. The molecule has 6 heteroatoms. The topological polar surface area (TPSA) is 84.1 Å². The molecule has 2 aromatic rings. The van der Waals surface area contributed by atoms with Gasteiger partial charge in [0.1, 0.15) is 11.6 Å². The third-order valence-electron chi connectivity index (χ3n) is 5.11. The van der Waals surface area contributed by atoms with Gasteiger partial charge >= 0.3 is 5.97 Å². The van der Waals surface area contributed by atoms with Crippen molar-refractivity contribution in [2.75, 3.05) is 7.11 Å². The van der Waals surface area contributed by atoms with E-state index in [1.807, 2.05) is 57.2 Å². The molecule has 0 fully saturated rings. The number of ether oxygens (including phenoxy) is 1. The van der Waals surface area contributed by atoms with Gasteiger partial charge in [-0.15, -0.1) is 0 Å². The van der Waals surface area contributed by atoms with Crippen LogP contribution in [0.1, 0.15) is 53.9 Å². The number of benzene rings is 1. The number of hydrogen-bond donors (Lipinski definition) is 1. The molecule has 1 aromatic carbocycles. The Bertz CT molecular complexity index is 978. The zero-order valence-electron chi connectivity index (χ0n) is 18.3. The molecule has 0 aliphatic carbocycles. The van der Waals surface area contributed by atoms with Crippen molar-refractivity contribution in [3.63, 3.8) is 0 Å². The van der Waals surface area contributed by atoms with Crippen LogP contribution in [0.25, 0.3) is 6.08 Å². The number of nitrogens with one attached hydrogen (secondary N) is 1. The second-order valence-electron chi connectivity index (χ2n) is 7.36. The van der Waals surface area contributed by atoms with Gasteiger partial charge in [-0.05, 0) is 50.5 Å². The van der Waals surface area contributed by atoms with Crippen LogP contribution < -0.4 is 5.32 Å². The van der Waals surface area contributed by atoms with Crippen molar-refractivity contribution < 1.29 is 14.3 Å². The van der Waals surface area contributed by atoms with Crippen LogP contribution in [0.15, 0.2) is 35.9 Å². The van der Waals surface area contributed by atoms with Crippen LogP contribution in [0.4, 0.5) is 0 Å². The number of rotatable bonds is 8. The Balaban J connectivity index is 2.31. The van der Waals surface area contributed by atoms with Gasteiger partial charge in [-0.1, -0.05) is 36.8 Å². The van der Waals surface area contributed by atoms with Crippen molar-refractivity contribution in [1.29, 1.82) is 5.26 Å². The Hall–Kier alpha value is -3.33. The molecular formula is C24H29N3O3. The number of aryl methyl sites for hydroxylation is 2. The van der Waals surface area contributed by atoms with Crippen molar-refractivity contribution in [2.24, 2.45) is 0 Å². The number of carbonyl (C=O) groups excluding carboxylic acids is 2. The lowest BCUT2D eigenvalue weighted by Gasteiger charge is -2.18. The first-order valence-corrected chi connectivity index (χ1v) is 10.0. The number of hydrogen-bond acceptors (Lipinski definition) is 4. The molecule has 6 nitrogen and oxygen atoms in total. The van der Waals surface area contributed by atoms with Gasteiger partial charge in [0, 0.05) is 17.9 Å². The van der Waals surface area contributed by atoms with Gasteiger partial charge in [0.15, 0.2) is 0 Å². The third kappa shape index (κ3) is 5.60. The number of aromatic nitrogens is 1. The van der Waals surface area contributed by atoms with Crippen LogP contribution in [0, 0.1) is 32.1 Å². The maximum absolute atomic E-state index is 12.9. The van der Waals surface area contributed by atoms with E-state index < -0.39 is 17.9 Å². The first-order chi connectivity index (χ1) is 14.3. The molecule has 1 N–H and O–H groups in total. The van der Waals surface area contributed by atoms with E-state index in [0.717, 1.165) is 41.0 Å². The summed E-state index contributed by atoms with van der Waals surface area (Å²) < 4.78 is 6.94. The molecule has 1 unspecified atom stereocenters. The number of esters is 1. The van der Waals surface area contributed by atoms with E-state index in [2.05, 4.69) is 16.8 Å². The number of methoxy groups -OCH3 is 1. The van der Waals surface area contributed by atoms with E-state index in [0.29, 0.717) is 0 Å². The highest BCUT2D eigenvalue weighted by molar-refractivity contribution is 6.02. The second kappa shape index (κ2) is 10.4. The fourth-order valence-electron chi connectivity index (χ4n) is 3.38. The Morgan fingerprint density at radius 3 is 2.47 bits per heavy atom. The lowest BCUT2D eigenvalue weighted by atomic mass is 10.0. The molecule has 0 spiro atoms. The molecule has 0 saturated carbocycles. The number of carbonyl (C=O) groups is 2. The molecule has 0 bridgehead atoms. The van der Waals surface area contributed by atoms with Crippen LogP contribution >= 0.6 is 0 Å². The molecule has 0 aliphatic rings. The summed E-state index contributed by atoms with van der Waals surface area (Å²) in [6.07, 6.45) is 2.58. The molecule has 2 rings (SSSR count). The highest BCUT2D eigenvalue weighted by Gasteiger charge is 2.21. The van der Waals surface area contributed by atoms with Crippen molar-refractivity contribution in [2.45, 2.75) is 53.1 Å². The minimum absolute atomic E-state index is 0.00581. The summed E-state index contributed by atoms with van der Waals surface area (Å²) in [4.78, 5) is 24.7. The smallest absolute Gasteiger partial charge is 0.307 e. The minimum atomic E-state index is -0.588. The van der Waals surface area contributed by atoms with Crippen molar-refractivity contribution in [3.8, 4) is 6.07 Å². The number of nitrogens with zero attached hydrogens (tertiary/aromatic N) is 2. The lowest BCUT2D eigenvalue weighted by Crippen LogP contribution is -2.31. The van der Waals surface area contributed by atoms with Crippen LogP contribution in [-0.4, -0.2) is 23.6 Å². The monoisotopic (exact) mass is 407 g/mol. The standard InChI is InChI=1S/C24H29N3O3/c1-6-11-27-17(3)12-20(18(27)4)13-21(15-25)24(29)26-22(14-23(28)30-5)19-9-7-16(2)8-10-19/h7-10,12-13,22H,6,11,14H2,1-5H3,(H,26,29)/b21-13-. The molecule has 30 heavy (non-hydrogen) atoms. The van der Waals surface area contributed by atoms with Crippen LogP contribution in [0.2, 0.25) is 0 Å². The third-order valence-corrected chi connectivity index (χ3v) is 5.11.